The summed E-state index contributed by atoms with van der Waals surface area (Å²) < 4.78 is 0. The zero-order valence-electron chi connectivity index (χ0n) is 23.0. The molecule has 0 aliphatic rings. The lowest BCUT2D eigenvalue weighted by Crippen LogP contribution is -2.12. The molecule has 0 aromatic heterocycles. The van der Waals surface area contributed by atoms with Crippen molar-refractivity contribution < 1.29 is 0 Å². The lowest BCUT2D eigenvalue weighted by molar-refractivity contribution is 1.21. The summed E-state index contributed by atoms with van der Waals surface area (Å²) in [7, 11) is 2.13. The molecule has 196 valence electrons. The quantitative estimate of drug-likeness (QED) is 0.199. The van der Waals surface area contributed by atoms with Crippen LogP contribution < -0.4 is 9.80 Å². The Balaban J connectivity index is 1.23. The molecule has 2 nitrogen and oxygen atoms in total. The van der Waals surface area contributed by atoms with Crippen LogP contribution in [-0.2, 0) is 0 Å². The minimum atomic E-state index is 1.11. The summed E-state index contributed by atoms with van der Waals surface area (Å²) in [5.41, 5.74) is 8.08. The van der Waals surface area contributed by atoms with E-state index in [0.29, 0.717) is 0 Å². The van der Waals surface area contributed by atoms with Crippen molar-refractivity contribution in [3.8, 4) is 11.1 Å². The maximum atomic E-state index is 2.32. The molecular formula is C39H30N2. The fourth-order valence-electron chi connectivity index (χ4n) is 5.59. The van der Waals surface area contributed by atoms with E-state index in [0.717, 1.165) is 28.4 Å². The molecule has 7 aromatic carbocycles. The average molecular weight is 527 g/mol. The van der Waals surface area contributed by atoms with Gasteiger partial charge in [0.2, 0.25) is 0 Å². The summed E-state index contributed by atoms with van der Waals surface area (Å²) >= 11 is 0. The van der Waals surface area contributed by atoms with Gasteiger partial charge in [-0.3, -0.25) is 0 Å². The van der Waals surface area contributed by atoms with Gasteiger partial charge >= 0.3 is 0 Å². The van der Waals surface area contributed by atoms with Crippen LogP contribution in [0.15, 0.2) is 164 Å². The summed E-state index contributed by atoms with van der Waals surface area (Å²) in [5, 5.41) is 5.04. The summed E-state index contributed by atoms with van der Waals surface area (Å²) in [6, 6.07) is 58.5. The Morgan fingerprint density at radius 2 is 0.829 bits per heavy atom. The fourth-order valence-corrected chi connectivity index (χ4v) is 5.59. The Morgan fingerprint density at radius 1 is 0.317 bits per heavy atom. The molecule has 0 bridgehead atoms. The van der Waals surface area contributed by atoms with Crippen LogP contribution >= 0.6 is 0 Å². The highest BCUT2D eigenvalue weighted by atomic mass is 15.1. The van der Waals surface area contributed by atoms with E-state index in [1.807, 2.05) is 0 Å². The minimum absolute atomic E-state index is 1.11. The Labute approximate surface area is 241 Å². The summed E-state index contributed by atoms with van der Waals surface area (Å²) in [6.07, 6.45) is 0. The van der Waals surface area contributed by atoms with Crippen molar-refractivity contribution in [1.82, 2.24) is 0 Å². The van der Waals surface area contributed by atoms with Crippen LogP contribution in [0.5, 0.6) is 0 Å². The molecule has 0 heterocycles. The SMILES string of the molecule is CN(c1ccc(N(c2ccccc2)c2cccc(-c3ccccc3)c2)cc1)c1ccc2cc3ccccc3cc2c1. The van der Waals surface area contributed by atoms with E-state index in [4.69, 9.17) is 0 Å². The van der Waals surface area contributed by atoms with E-state index in [2.05, 4.69) is 181 Å². The van der Waals surface area contributed by atoms with Crippen molar-refractivity contribution in [2.75, 3.05) is 16.8 Å². The molecular weight excluding hydrogens is 496 g/mol. The normalized spacial score (nSPS) is 11.0. The van der Waals surface area contributed by atoms with Crippen LogP contribution in [0, 0.1) is 0 Å². The first kappa shape index (κ1) is 24.7. The van der Waals surface area contributed by atoms with E-state index in [1.54, 1.807) is 0 Å². The third kappa shape index (κ3) is 4.92. The van der Waals surface area contributed by atoms with E-state index >= 15 is 0 Å². The molecule has 0 spiro atoms. The molecule has 2 heteroatoms. The Hall–Kier alpha value is -5.34. The zero-order chi connectivity index (χ0) is 27.6. The standard InChI is InChI=1S/C39H30N2/c1-40(38-20-19-33-25-30-13-8-9-14-31(30)26-34(33)28-38)35-21-23-37(24-22-35)41(36-16-6-3-7-17-36)39-18-10-15-32(27-39)29-11-4-2-5-12-29/h2-28H,1H3. The first-order valence-electron chi connectivity index (χ1n) is 14.0. The number of hydrogen-bond acceptors (Lipinski definition) is 2. The molecule has 0 N–H and O–H groups in total. The predicted octanol–water partition coefficient (Wildman–Crippen LogP) is 10.9. The van der Waals surface area contributed by atoms with Crippen LogP contribution in [0.3, 0.4) is 0 Å². The van der Waals surface area contributed by atoms with Gasteiger partial charge < -0.3 is 9.80 Å². The van der Waals surface area contributed by atoms with Gasteiger partial charge in [-0.2, -0.15) is 0 Å². The van der Waals surface area contributed by atoms with Gasteiger partial charge in [0.05, 0.1) is 0 Å². The van der Waals surface area contributed by atoms with Crippen LogP contribution in [0.1, 0.15) is 0 Å². The smallest absolute Gasteiger partial charge is 0.0467 e. The van der Waals surface area contributed by atoms with Gasteiger partial charge in [0, 0.05) is 35.5 Å². The molecule has 0 fully saturated rings. The maximum Gasteiger partial charge on any atom is 0.0467 e. The van der Waals surface area contributed by atoms with Gasteiger partial charge in [0.25, 0.3) is 0 Å². The third-order valence-electron chi connectivity index (χ3n) is 7.80. The molecule has 7 rings (SSSR count). The number of para-hydroxylation sites is 1. The highest BCUT2D eigenvalue weighted by Gasteiger charge is 2.14. The fraction of sp³-hybridized carbons (Fsp3) is 0.0256. The molecule has 0 atom stereocenters. The lowest BCUT2D eigenvalue weighted by Gasteiger charge is -2.27. The highest BCUT2D eigenvalue weighted by molar-refractivity contribution is 5.99. The molecule has 0 saturated carbocycles. The minimum Gasteiger partial charge on any atom is -0.345 e. The van der Waals surface area contributed by atoms with Crippen molar-refractivity contribution >= 4 is 50.0 Å². The van der Waals surface area contributed by atoms with E-state index in [1.165, 1.54) is 32.7 Å². The monoisotopic (exact) mass is 526 g/mol. The average Bonchev–Trinajstić information content (AvgIpc) is 3.05. The third-order valence-corrected chi connectivity index (χ3v) is 7.80. The van der Waals surface area contributed by atoms with Crippen LogP contribution in [0.25, 0.3) is 32.7 Å². The van der Waals surface area contributed by atoms with Gasteiger partial charge in [-0.25, -0.2) is 0 Å². The number of rotatable bonds is 6. The van der Waals surface area contributed by atoms with Crippen molar-refractivity contribution in [3.63, 3.8) is 0 Å². The lowest BCUT2D eigenvalue weighted by atomic mass is 10.0. The summed E-state index contributed by atoms with van der Waals surface area (Å²) in [4.78, 5) is 4.57. The Morgan fingerprint density at radius 3 is 1.56 bits per heavy atom. The number of benzene rings is 7. The maximum absolute atomic E-state index is 2.32. The first-order chi connectivity index (χ1) is 20.2. The van der Waals surface area contributed by atoms with E-state index in [9.17, 15) is 0 Å². The highest BCUT2D eigenvalue weighted by Crippen LogP contribution is 2.38. The topological polar surface area (TPSA) is 6.48 Å². The molecule has 0 amide bonds. The number of anilines is 5. The predicted molar refractivity (Wildman–Crippen MR) is 176 cm³/mol. The zero-order valence-corrected chi connectivity index (χ0v) is 23.0. The summed E-state index contributed by atoms with van der Waals surface area (Å²) in [5.74, 6) is 0. The molecule has 41 heavy (non-hydrogen) atoms. The number of fused-ring (bicyclic) bond motifs is 2. The molecule has 0 aliphatic carbocycles. The number of nitrogens with zero attached hydrogens (tertiary/aromatic N) is 2. The van der Waals surface area contributed by atoms with Crippen molar-refractivity contribution in [1.29, 1.82) is 0 Å². The van der Waals surface area contributed by atoms with Crippen molar-refractivity contribution in [2.24, 2.45) is 0 Å². The number of hydrogen-bond donors (Lipinski definition) is 0. The Kier molecular flexibility index (Phi) is 6.42. The van der Waals surface area contributed by atoms with Crippen LogP contribution in [0.4, 0.5) is 28.4 Å². The van der Waals surface area contributed by atoms with Gasteiger partial charge in [0.15, 0.2) is 0 Å². The first-order valence-corrected chi connectivity index (χ1v) is 14.0. The van der Waals surface area contributed by atoms with Gasteiger partial charge in [-0.1, -0.05) is 91.0 Å². The largest absolute Gasteiger partial charge is 0.345 e. The van der Waals surface area contributed by atoms with E-state index < -0.39 is 0 Å². The van der Waals surface area contributed by atoms with Crippen LogP contribution in [0.2, 0.25) is 0 Å². The van der Waals surface area contributed by atoms with Gasteiger partial charge in [-0.05, 0) is 105 Å². The van der Waals surface area contributed by atoms with Crippen LogP contribution in [-0.4, -0.2) is 7.05 Å². The van der Waals surface area contributed by atoms with Crippen molar-refractivity contribution in [2.45, 2.75) is 0 Å². The molecule has 0 aliphatic heterocycles. The Bertz CT molecular complexity index is 1940. The van der Waals surface area contributed by atoms with E-state index in [-0.39, 0.29) is 0 Å². The second-order valence-corrected chi connectivity index (χ2v) is 10.4. The molecule has 0 saturated heterocycles. The molecule has 7 aromatic rings. The molecule has 0 radical (unpaired) electrons. The summed E-state index contributed by atoms with van der Waals surface area (Å²) in [6.45, 7) is 0. The van der Waals surface area contributed by atoms with Gasteiger partial charge in [0.1, 0.15) is 0 Å². The van der Waals surface area contributed by atoms with Gasteiger partial charge in [-0.15, -0.1) is 0 Å². The molecule has 0 unspecified atom stereocenters. The second kappa shape index (κ2) is 10.7. The van der Waals surface area contributed by atoms with Crippen molar-refractivity contribution in [3.05, 3.63) is 164 Å². The second-order valence-electron chi connectivity index (χ2n) is 10.4.